The average molecular weight is 489 g/mol. The molecule has 3 fully saturated rings. The number of carbonyl (C=O) groups excluding carboxylic acids is 3. The summed E-state index contributed by atoms with van der Waals surface area (Å²) >= 11 is 0. The number of rotatable bonds is 8. The van der Waals surface area contributed by atoms with Gasteiger partial charge in [0.25, 0.3) is 5.91 Å². The Morgan fingerprint density at radius 3 is 2.62 bits per heavy atom. The highest BCUT2D eigenvalue weighted by molar-refractivity contribution is 7.82. The van der Waals surface area contributed by atoms with E-state index in [0.29, 0.717) is 12.5 Å². The number of carbonyl (C=O) groups is 3. The van der Waals surface area contributed by atoms with E-state index in [0.717, 1.165) is 17.9 Å². The average Bonchev–Trinajstić information content (AvgIpc) is 3.25. The second-order valence-electron chi connectivity index (χ2n) is 7.58. The molecule has 4 atom stereocenters. The molecular formula is C15H22F3N5O8S. The number of hydrogen-bond acceptors (Lipinski definition) is 10. The molecule has 3 aliphatic rings. The number of nitrogens with one attached hydrogen (secondary N) is 2. The van der Waals surface area contributed by atoms with Crippen molar-refractivity contribution in [1.82, 2.24) is 20.8 Å². The van der Waals surface area contributed by atoms with E-state index in [9.17, 15) is 36.0 Å². The molecule has 2 bridgehead atoms. The largest absolute Gasteiger partial charge is 0.492 e. The third-order valence-electron chi connectivity index (χ3n) is 5.31. The van der Waals surface area contributed by atoms with Crippen LogP contribution in [0, 0.1) is 5.92 Å². The van der Waals surface area contributed by atoms with Crippen LogP contribution in [0.25, 0.3) is 0 Å². The minimum Gasteiger partial charge on any atom is -0.330 e. The molecule has 0 aromatic rings. The fourth-order valence-corrected chi connectivity index (χ4v) is 4.44. The first-order valence-corrected chi connectivity index (χ1v) is 10.9. The molecule has 0 radical (unpaired) electrons. The predicted molar refractivity (Wildman–Crippen MR) is 95.9 cm³/mol. The number of nitrogens with zero attached hydrogens (tertiary/aromatic N) is 2. The minimum absolute atomic E-state index is 0.00140. The highest BCUT2D eigenvalue weighted by Crippen LogP contribution is 2.31. The molecule has 17 heteroatoms. The molecule has 13 nitrogen and oxygen atoms in total. The van der Waals surface area contributed by atoms with E-state index < -0.39 is 46.6 Å². The number of urea groups is 1. The van der Waals surface area contributed by atoms with Gasteiger partial charge in [0.1, 0.15) is 6.04 Å². The van der Waals surface area contributed by atoms with Crippen molar-refractivity contribution in [2.75, 3.05) is 26.2 Å². The van der Waals surface area contributed by atoms with Crippen molar-refractivity contribution in [3.8, 4) is 0 Å². The van der Waals surface area contributed by atoms with Gasteiger partial charge in [-0.3, -0.25) is 9.63 Å². The van der Waals surface area contributed by atoms with E-state index in [2.05, 4.69) is 19.3 Å². The molecular weight excluding hydrogens is 467 g/mol. The van der Waals surface area contributed by atoms with Gasteiger partial charge in [-0.15, -0.1) is 4.28 Å². The van der Waals surface area contributed by atoms with E-state index >= 15 is 0 Å². The molecule has 32 heavy (non-hydrogen) atoms. The van der Waals surface area contributed by atoms with Crippen molar-refractivity contribution < 1.29 is 49.3 Å². The maximum absolute atomic E-state index is 12.5. The second-order valence-corrected chi connectivity index (χ2v) is 8.71. The lowest BCUT2D eigenvalue weighted by atomic mass is 10.0. The molecule has 0 unspecified atom stereocenters. The summed E-state index contributed by atoms with van der Waals surface area (Å²) in [5.74, 6) is -3.36. The van der Waals surface area contributed by atoms with Crippen LogP contribution in [0.15, 0.2) is 0 Å². The van der Waals surface area contributed by atoms with Gasteiger partial charge in [0, 0.05) is 12.6 Å². The highest BCUT2D eigenvalue weighted by atomic mass is 32.3. The Hall–Kier alpha value is -2.21. The summed E-state index contributed by atoms with van der Waals surface area (Å²) in [6.07, 6.45) is -4.58. The van der Waals surface area contributed by atoms with Crippen LogP contribution < -0.4 is 16.5 Å². The predicted octanol–water partition coefficient (Wildman–Crippen LogP) is -1.48. The van der Waals surface area contributed by atoms with Crippen molar-refractivity contribution in [1.29, 1.82) is 0 Å². The molecule has 0 aliphatic carbocycles. The van der Waals surface area contributed by atoms with Crippen LogP contribution in [0.1, 0.15) is 19.3 Å². The number of hydrogen-bond donors (Lipinski definition) is 3. The summed E-state index contributed by atoms with van der Waals surface area (Å²) in [6, 6.07) is -2.96. The molecule has 0 aromatic carbocycles. The number of alkyl halides is 3. The Morgan fingerprint density at radius 1 is 1.28 bits per heavy atom. The zero-order valence-corrected chi connectivity index (χ0v) is 17.4. The van der Waals surface area contributed by atoms with Crippen molar-refractivity contribution in [2.45, 2.75) is 43.6 Å². The van der Waals surface area contributed by atoms with Crippen molar-refractivity contribution in [3.05, 3.63) is 0 Å². The molecule has 3 amide bonds. The van der Waals surface area contributed by atoms with Crippen LogP contribution in [0.2, 0.25) is 0 Å². The zero-order valence-electron chi connectivity index (χ0n) is 16.5. The number of hydroxylamine groups is 3. The van der Waals surface area contributed by atoms with Gasteiger partial charge < -0.3 is 20.1 Å². The van der Waals surface area contributed by atoms with E-state index in [1.807, 2.05) is 0 Å². The maximum atomic E-state index is 12.5. The number of halogens is 3. The van der Waals surface area contributed by atoms with Crippen LogP contribution in [-0.2, 0) is 33.3 Å². The van der Waals surface area contributed by atoms with E-state index in [1.165, 1.54) is 0 Å². The van der Waals surface area contributed by atoms with Gasteiger partial charge in [-0.1, -0.05) is 0 Å². The number of nitrogens with two attached hydrogens (primary N) is 1. The van der Waals surface area contributed by atoms with Crippen molar-refractivity contribution in [3.63, 3.8) is 0 Å². The Morgan fingerprint density at radius 2 is 2.00 bits per heavy atom. The minimum atomic E-state index is -5.58. The van der Waals surface area contributed by atoms with Crippen molar-refractivity contribution in [2.24, 2.45) is 11.7 Å². The summed E-state index contributed by atoms with van der Waals surface area (Å²) in [4.78, 5) is 41.8. The normalized spacial score (nSPS) is 28.2. The van der Waals surface area contributed by atoms with Gasteiger partial charge >= 0.3 is 28.6 Å². The van der Waals surface area contributed by atoms with Gasteiger partial charge in [-0.25, -0.2) is 15.1 Å². The topological polar surface area (TPSA) is 170 Å². The Bertz CT molecular complexity index is 856. The molecule has 4 N–H and O–H groups in total. The lowest BCUT2D eigenvalue weighted by Gasteiger charge is -2.29. The molecule has 182 valence electrons. The van der Waals surface area contributed by atoms with E-state index in [-0.39, 0.29) is 37.1 Å². The standard InChI is InChI=1S/C15H22F3N5O8S/c16-15(17,18)13(25)30-32(27,28)31-23-10-1-2-11(22(6-10)14(23)26)12(24)21-29-7-9-3-8(4-19)5-20-9/h8-11,20H,1-7,19H2,(H,21,24)/t8-,9+,10-,11+/m1/s1. The van der Waals surface area contributed by atoms with Gasteiger partial charge in [0.05, 0.1) is 12.6 Å². The number of fused-ring (bicyclic) bond motifs is 2. The quantitative estimate of drug-likeness (QED) is 0.342. The molecule has 0 saturated carbocycles. The Balaban J connectivity index is 1.52. The smallest absolute Gasteiger partial charge is 0.330 e. The monoisotopic (exact) mass is 489 g/mol. The summed E-state index contributed by atoms with van der Waals surface area (Å²) in [6.45, 7) is 1.31. The third-order valence-corrected chi connectivity index (χ3v) is 6.01. The Labute approximate surface area is 180 Å². The van der Waals surface area contributed by atoms with Gasteiger partial charge in [0.15, 0.2) is 0 Å². The van der Waals surface area contributed by atoms with Crippen LogP contribution in [0.5, 0.6) is 0 Å². The van der Waals surface area contributed by atoms with Gasteiger partial charge in [-0.2, -0.15) is 26.7 Å². The van der Waals surface area contributed by atoms with Crippen LogP contribution in [0.4, 0.5) is 18.0 Å². The van der Waals surface area contributed by atoms with Crippen molar-refractivity contribution >= 4 is 28.3 Å². The molecule has 3 aliphatic heterocycles. The highest BCUT2D eigenvalue weighted by Gasteiger charge is 2.51. The van der Waals surface area contributed by atoms with Gasteiger partial charge in [0.2, 0.25) is 0 Å². The molecule has 3 rings (SSSR count). The second kappa shape index (κ2) is 9.34. The summed E-state index contributed by atoms with van der Waals surface area (Å²) < 4.78 is 67.5. The lowest BCUT2D eigenvalue weighted by molar-refractivity contribution is -0.191. The number of piperidine rings is 1. The third kappa shape index (κ3) is 5.58. The van der Waals surface area contributed by atoms with Gasteiger partial charge in [-0.05, 0) is 38.3 Å². The molecule has 3 heterocycles. The summed E-state index contributed by atoms with van der Waals surface area (Å²) in [7, 11) is -5.52. The van der Waals surface area contributed by atoms with Crippen LogP contribution >= 0.6 is 0 Å². The Kier molecular flexibility index (Phi) is 7.13. The number of amides is 3. The first kappa shape index (κ1) is 24.4. The lowest BCUT2D eigenvalue weighted by Crippen LogP contribution is -2.50. The molecule has 0 spiro atoms. The van der Waals surface area contributed by atoms with E-state index in [4.69, 9.17) is 10.6 Å². The first-order valence-electron chi connectivity index (χ1n) is 9.61. The maximum Gasteiger partial charge on any atom is 0.492 e. The summed E-state index contributed by atoms with van der Waals surface area (Å²) in [5.41, 5.74) is 7.84. The van der Waals surface area contributed by atoms with Crippen LogP contribution in [0.3, 0.4) is 0 Å². The SMILES string of the molecule is NC[C@@H]1CN[C@H](CONC(=O)[C@@H]2CC[C@@H]3CN2C(=O)N3OS(=O)(=O)OC(=O)C(F)(F)F)C1. The molecule has 3 saturated heterocycles. The van der Waals surface area contributed by atoms with Crippen LogP contribution in [-0.4, -0.2) is 86.8 Å². The first-order chi connectivity index (χ1) is 14.9. The zero-order chi connectivity index (χ0) is 23.7. The fourth-order valence-electron chi connectivity index (χ4n) is 3.75. The molecule has 0 aromatic heterocycles. The summed E-state index contributed by atoms with van der Waals surface area (Å²) in [5, 5.41) is 3.47. The fraction of sp³-hybridized carbons (Fsp3) is 0.800. The van der Waals surface area contributed by atoms with E-state index in [1.54, 1.807) is 0 Å².